The summed E-state index contributed by atoms with van der Waals surface area (Å²) >= 11 is 6.08. The Kier molecular flexibility index (Phi) is 3.79. The molecular weight excluding hydrogens is 246 g/mol. The fraction of sp³-hybridized carbons (Fsp3) is 0.231. The molecule has 0 heterocycles. The van der Waals surface area contributed by atoms with Crippen molar-refractivity contribution in [3.05, 3.63) is 47.0 Å². The summed E-state index contributed by atoms with van der Waals surface area (Å²) in [4.78, 5) is 0. The van der Waals surface area contributed by atoms with Gasteiger partial charge in [0.15, 0.2) is 0 Å². The van der Waals surface area contributed by atoms with Crippen molar-refractivity contribution in [1.82, 2.24) is 0 Å². The van der Waals surface area contributed by atoms with E-state index in [9.17, 15) is 8.78 Å². The summed E-state index contributed by atoms with van der Waals surface area (Å²) in [7, 11) is 0. The van der Waals surface area contributed by atoms with Gasteiger partial charge in [-0.1, -0.05) is 35.9 Å². The minimum Gasteiger partial charge on any atom is -0.434 e. The quantitative estimate of drug-likeness (QED) is 0.769. The molecule has 0 saturated heterocycles. The van der Waals surface area contributed by atoms with Gasteiger partial charge >= 0.3 is 6.61 Å². The number of hydrogen-bond donors (Lipinski definition) is 0. The first-order valence-corrected chi connectivity index (χ1v) is 5.65. The van der Waals surface area contributed by atoms with Crippen LogP contribution in [0.2, 0.25) is 0 Å². The molecular formula is C13H11ClF2O. The van der Waals surface area contributed by atoms with E-state index in [2.05, 4.69) is 4.74 Å². The maximum absolute atomic E-state index is 12.3. The zero-order chi connectivity index (χ0) is 12.3. The number of allylic oxidation sites excluding steroid dienone is 4. The first-order valence-electron chi connectivity index (χ1n) is 5.28. The fourth-order valence-corrected chi connectivity index (χ4v) is 2.10. The topological polar surface area (TPSA) is 9.23 Å². The van der Waals surface area contributed by atoms with Gasteiger partial charge in [-0.25, -0.2) is 0 Å². The minimum atomic E-state index is -2.82. The molecule has 1 aromatic rings. The van der Waals surface area contributed by atoms with Crippen LogP contribution in [0.4, 0.5) is 8.78 Å². The molecule has 4 heteroatoms. The molecule has 0 bridgehead atoms. The molecule has 0 fully saturated rings. The number of hydrogen-bond acceptors (Lipinski definition) is 1. The van der Waals surface area contributed by atoms with Gasteiger partial charge in [0.25, 0.3) is 0 Å². The van der Waals surface area contributed by atoms with Gasteiger partial charge < -0.3 is 4.74 Å². The van der Waals surface area contributed by atoms with Crippen LogP contribution in [0.25, 0.3) is 5.57 Å². The number of alkyl halides is 2. The maximum Gasteiger partial charge on any atom is 0.387 e. The molecule has 90 valence electrons. The highest BCUT2D eigenvalue weighted by atomic mass is 35.5. The normalized spacial score (nSPS) is 15.5. The molecule has 1 aliphatic carbocycles. The lowest BCUT2D eigenvalue weighted by atomic mass is 9.96. The second kappa shape index (κ2) is 5.32. The van der Waals surface area contributed by atoms with Crippen LogP contribution in [-0.2, 0) is 0 Å². The van der Waals surface area contributed by atoms with Crippen LogP contribution in [0.5, 0.6) is 5.75 Å². The van der Waals surface area contributed by atoms with Crippen molar-refractivity contribution in [2.24, 2.45) is 0 Å². The third kappa shape index (κ3) is 2.86. The van der Waals surface area contributed by atoms with E-state index in [0.29, 0.717) is 10.6 Å². The van der Waals surface area contributed by atoms with E-state index in [1.54, 1.807) is 24.3 Å². The molecule has 0 saturated carbocycles. The Morgan fingerprint density at radius 2 is 2.00 bits per heavy atom. The van der Waals surface area contributed by atoms with E-state index in [1.165, 1.54) is 6.07 Å². The summed E-state index contributed by atoms with van der Waals surface area (Å²) in [5.74, 6) is 0.172. The van der Waals surface area contributed by atoms with E-state index in [4.69, 9.17) is 11.6 Å². The minimum absolute atomic E-state index is 0.172. The smallest absolute Gasteiger partial charge is 0.387 e. The summed E-state index contributed by atoms with van der Waals surface area (Å²) in [6.45, 7) is -2.82. The largest absolute Gasteiger partial charge is 0.434 e. The average molecular weight is 257 g/mol. The molecule has 2 rings (SSSR count). The lowest BCUT2D eigenvalue weighted by Crippen LogP contribution is -2.04. The van der Waals surface area contributed by atoms with Crippen LogP contribution >= 0.6 is 11.6 Å². The molecule has 0 N–H and O–H groups in total. The molecule has 1 nitrogen and oxygen atoms in total. The second-order valence-electron chi connectivity index (χ2n) is 3.64. The van der Waals surface area contributed by atoms with Crippen molar-refractivity contribution < 1.29 is 13.5 Å². The number of rotatable bonds is 3. The van der Waals surface area contributed by atoms with E-state index < -0.39 is 6.61 Å². The summed E-state index contributed by atoms with van der Waals surface area (Å²) in [5.41, 5.74) is 1.49. The third-order valence-electron chi connectivity index (χ3n) is 2.54. The van der Waals surface area contributed by atoms with E-state index >= 15 is 0 Å². The fourth-order valence-electron chi connectivity index (χ4n) is 1.81. The monoisotopic (exact) mass is 256 g/mol. The Balaban J connectivity index is 2.41. The Morgan fingerprint density at radius 3 is 2.71 bits per heavy atom. The molecule has 0 spiro atoms. The molecule has 0 radical (unpaired) electrons. The van der Waals surface area contributed by atoms with Gasteiger partial charge in [0.2, 0.25) is 0 Å². The highest BCUT2D eigenvalue weighted by Gasteiger charge is 2.15. The Labute approximate surface area is 103 Å². The van der Waals surface area contributed by atoms with Gasteiger partial charge in [-0.05, 0) is 30.6 Å². The molecule has 0 aromatic heterocycles. The van der Waals surface area contributed by atoms with Gasteiger partial charge in [0.1, 0.15) is 5.75 Å². The first kappa shape index (κ1) is 12.1. The van der Waals surface area contributed by atoms with Crippen molar-refractivity contribution in [2.75, 3.05) is 0 Å². The van der Waals surface area contributed by atoms with Crippen LogP contribution in [-0.4, -0.2) is 6.61 Å². The number of halogens is 3. The highest BCUT2D eigenvalue weighted by Crippen LogP contribution is 2.36. The van der Waals surface area contributed by atoms with Crippen LogP contribution in [0.1, 0.15) is 18.4 Å². The summed E-state index contributed by atoms with van der Waals surface area (Å²) in [6, 6.07) is 6.71. The van der Waals surface area contributed by atoms with Gasteiger partial charge in [-0.15, -0.1) is 0 Å². The van der Waals surface area contributed by atoms with Crippen molar-refractivity contribution in [1.29, 1.82) is 0 Å². The molecule has 0 aliphatic heterocycles. The standard InChI is InChI=1S/C13H11ClF2O/c14-11-7-3-1-5-9(11)10-6-2-4-8-12(10)17-13(15)16/h2-4,6-8,13H,1,5H2. The lowest BCUT2D eigenvalue weighted by molar-refractivity contribution is -0.0500. The number of para-hydroxylation sites is 1. The van der Waals surface area contributed by atoms with Crippen LogP contribution in [0, 0.1) is 0 Å². The highest BCUT2D eigenvalue weighted by molar-refractivity contribution is 6.34. The number of benzene rings is 1. The van der Waals surface area contributed by atoms with Gasteiger partial charge in [-0.3, -0.25) is 0 Å². The van der Waals surface area contributed by atoms with Crippen LogP contribution in [0.3, 0.4) is 0 Å². The Morgan fingerprint density at radius 1 is 1.24 bits per heavy atom. The van der Waals surface area contributed by atoms with Crippen molar-refractivity contribution in [3.63, 3.8) is 0 Å². The lowest BCUT2D eigenvalue weighted by Gasteiger charge is -2.16. The summed E-state index contributed by atoms with van der Waals surface area (Å²) in [6.07, 6.45) is 5.34. The SMILES string of the molecule is FC(F)Oc1ccccc1C1=C(Cl)C=CCC1. The maximum atomic E-state index is 12.3. The predicted octanol–water partition coefficient (Wildman–Crippen LogP) is 4.59. The second-order valence-corrected chi connectivity index (χ2v) is 4.05. The molecule has 1 aliphatic rings. The molecule has 17 heavy (non-hydrogen) atoms. The van der Waals surface area contributed by atoms with Crippen LogP contribution < -0.4 is 4.74 Å². The van der Waals surface area contributed by atoms with Crippen molar-refractivity contribution in [3.8, 4) is 5.75 Å². The Hall–Kier alpha value is -1.35. The number of ether oxygens (including phenoxy) is 1. The molecule has 0 unspecified atom stereocenters. The van der Waals surface area contributed by atoms with E-state index in [-0.39, 0.29) is 5.75 Å². The predicted molar refractivity (Wildman–Crippen MR) is 64.2 cm³/mol. The van der Waals surface area contributed by atoms with Crippen LogP contribution in [0.15, 0.2) is 41.4 Å². The summed E-state index contributed by atoms with van der Waals surface area (Å²) in [5, 5.41) is 0.585. The van der Waals surface area contributed by atoms with E-state index in [1.807, 2.05) is 6.08 Å². The Bertz CT molecular complexity index is 466. The van der Waals surface area contributed by atoms with E-state index in [0.717, 1.165) is 18.4 Å². The zero-order valence-corrected chi connectivity index (χ0v) is 9.75. The van der Waals surface area contributed by atoms with Gasteiger partial charge in [0, 0.05) is 10.6 Å². The molecule has 0 atom stereocenters. The first-order chi connectivity index (χ1) is 8.18. The van der Waals surface area contributed by atoms with Gasteiger partial charge in [0.05, 0.1) is 0 Å². The van der Waals surface area contributed by atoms with Crippen molar-refractivity contribution >= 4 is 17.2 Å². The molecule has 1 aromatic carbocycles. The van der Waals surface area contributed by atoms with Crippen molar-refractivity contribution in [2.45, 2.75) is 19.5 Å². The average Bonchev–Trinajstić information content (AvgIpc) is 2.30. The summed E-state index contributed by atoms with van der Waals surface area (Å²) < 4.78 is 29.1. The third-order valence-corrected chi connectivity index (χ3v) is 2.90. The zero-order valence-electron chi connectivity index (χ0n) is 9.00. The molecule has 0 amide bonds. The van der Waals surface area contributed by atoms with Gasteiger partial charge in [-0.2, -0.15) is 8.78 Å².